The van der Waals surface area contributed by atoms with Gasteiger partial charge in [0.15, 0.2) is 5.75 Å². The Bertz CT molecular complexity index is 464. The summed E-state index contributed by atoms with van der Waals surface area (Å²) < 4.78 is 25.2. The van der Waals surface area contributed by atoms with Crippen LogP contribution in [0.2, 0.25) is 0 Å². The van der Waals surface area contributed by atoms with Gasteiger partial charge in [0.25, 0.3) is 0 Å². The molecule has 0 aliphatic carbocycles. The molecule has 0 aliphatic heterocycles. The minimum atomic E-state index is -3.85. The van der Waals surface area contributed by atoms with E-state index in [2.05, 4.69) is 9.71 Å². The molecule has 0 unspecified atom stereocenters. The van der Waals surface area contributed by atoms with Crippen molar-refractivity contribution < 1.29 is 18.3 Å². The van der Waals surface area contributed by atoms with Crippen molar-refractivity contribution in [2.75, 3.05) is 5.75 Å². The van der Waals surface area contributed by atoms with Gasteiger partial charge in [0.2, 0.25) is 10.0 Å². The van der Waals surface area contributed by atoms with Crippen LogP contribution < -0.4 is 4.72 Å². The molecule has 0 fully saturated rings. The van der Waals surface area contributed by atoms with Crippen LogP contribution in [0.1, 0.15) is 18.9 Å². The third-order valence-corrected chi connectivity index (χ3v) is 4.24. The monoisotopic (exact) mass is 264 g/mol. The van der Waals surface area contributed by atoms with Crippen molar-refractivity contribution >= 4 is 27.3 Å². The Morgan fingerprint density at radius 2 is 2.25 bits per heavy atom. The highest BCUT2D eigenvalue weighted by molar-refractivity contribution is 7.90. The Morgan fingerprint density at radius 3 is 2.69 bits per heavy atom. The fraction of sp³-hybridized carbons (Fsp3) is 0.500. The first-order chi connectivity index (χ1) is 7.23. The maximum Gasteiger partial charge on any atom is 0.320 e. The Balaban J connectivity index is 2.85. The first-order valence-electron chi connectivity index (χ1n) is 4.36. The van der Waals surface area contributed by atoms with Crippen LogP contribution in [0.15, 0.2) is 11.6 Å². The molecular formula is C8H12N2O4S2. The van der Waals surface area contributed by atoms with Crippen molar-refractivity contribution in [2.45, 2.75) is 19.4 Å². The van der Waals surface area contributed by atoms with Crippen molar-refractivity contribution in [1.82, 2.24) is 9.71 Å². The van der Waals surface area contributed by atoms with E-state index in [0.29, 0.717) is 5.01 Å². The van der Waals surface area contributed by atoms with E-state index in [1.54, 1.807) is 25.4 Å². The van der Waals surface area contributed by atoms with Gasteiger partial charge in [-0.05, 0) is 13.8 Å². The van der Waals surface area contributed by atoms with Gasteiger partial charge in [-0.25, -0.2) is 18.1 Å². The molecule has 2 N–H and O–H groups in total. The van der Waals surface area contributed by atoms with Crippen molar-refractivity contribution in [2.24, 2.45) is 0 Å². The summed E-state index contributed by atoms with van der Waals surface area (Å²) in [6.45, 7) is 3.26. The highest BCUT2D eigenvalue weighted by Gasteiger charge is 2.30. The lowest BCUT2D eigenvalue weighted by Gasteiger charge is -2.22. The highest BCUT2D eigenvalue weighted by atomic mass is 32.2. The topological polar surface area (TPSA) is 96.4 Å². The van der Waals surface area contributed by atoms with Crippen LogP contribution in [-0.2, 0) is 20.4 Å². The summed E-state index contributed by atoms with van der Waals surface area (Å²) in [5.41, 5.74) is -0.900. The minimum absolute atomic E-state index is 0.585. The number of carbonyl (C=O) groups is 1. The maximum atomic E-state index is 11.4. The molecule has 0 saturated heterocycles. The van der Waals surface area contributed by atoms with Gasteiger partial charge >= 0.3 is 5.97 Å². The summed E-state index contributed by atoms with van der Waals surface area (Å²) in [5, 5.41) is 10.8. The standard InChI is InChI=1S/C8H12N2O4S2/c1-8(2,7-9-3-4-15-7)10-16(13,14)5-6(11)12/h3-4,10H,5H2,1-2H3,(H,11,12). The Morgan fingerprint density at radius 1 is 1.62 bits per heavy atom. The van der Waals surface area contributed by atoms with Crippen molar-refractivity contribution in [3.05, 3.63) is 16.6 Å². The molecule has 0 spiro atoms. The molecule has 0 bridgehead atoms. The molecule has 1 aromatic rings. The third kappa shape index (κ3) is 3.54. The Hall–Kier alpha value is -0.990. The number of aromatic nitrogens is 1. The van der Waals surface area contributed by atoms with E-state index in [4.69, 9.17) is 5.11 Å². The number of nitrogens with zero attached hydrogens (tertiary/aromatic N) is 1. The lowest BCUT2D eigenvalue weighted by molar-refractivity contribution is -0.134. The number of carboxylic acid groups (broad SMARTS) is 1. The van der Waals surface area contributed by atoms with Gasteiger partial charge < -0.3 is 5.11 Å². The Labute approximate surface area is 97.4 Å². The number of rotatable bonds is 5. The second kappa shape index (κ2) is 4.48. The molecule has 1 rings (SSSR count). The summed E-state index contributed by atoms with van der Waals surface area (Å²) in [5.74, 6) is -2.33. The Kier molecular flexibility index (Phi) is 3.66. The molecule has 0 radical (unpaired) electrons. The van der Waals surface area contributed by atoms with Gasteiger partial charge in [0.1, 0.15) is 5.01 Å². The number of hydrogen-bond donors (Lipinski definition) is 2. The molecule has 0 atom stereocenters. The number of sulfonamides is 1. The first kappa shape index (κ1) is 13.1. The number of hydrogen-bond acceptors (Lipinski definition) is 5. The van der Waals surface area contributed by atoms with Crippen LogP contribution in [0.4, 0.5) is 0 Å². The van der Waals surface area contributed by atoms with E-state index in [1.165, 1.54) is 11.3 Å². The van der Waals surface area contributed by atoms with E-state index in [1.807, 2.05) is 0 Å². The van der Waals surface area contributed by atoms with E-state index in [-0.39, 0.29) is 0 Å². The molecule has 0 amide bonds. The van der Waals surface area contributed by atoms with Gasteiger partial charge in [-0.2, -0.15) is 0 Å². The third-order valence-electron chi connectivity index (χ3n) is 1.69. The van der Waals surface area contributed by atoms with Crippen LogP contribution >= 0.6 is 11.3 Å². The zero-order chi connectivity index (χ0) is 12.4. The van der Waals surface area contributed by atoms with E-state index in [0.717, 1.165) is 0 Å². The van der Waals surface area contributed by atoms with Gasteiger partial charge in [0.05, 0.1) is 5.54 Å². The lowest BCUT2D eigenvalue weighted by atomic mass is 10.1. The van der Waals surface area contributed by atoms with E-state index >= 15 is 0 Å². The van der Waals surface area contributed by atoms with Crippen molar-refractivity contribution in [3.8, 4) is 0 Å². The molecule has 8 heteroatoms. The summed E-state index contributed by atoms with van der Waals surface area (Å²) in [7, 11) is -3.85. The van der Waals surface area contributed by atoms with Crippen LogP contribution in [0.3, 0.4) is 0 Å². The van der Waals surface area contributed by atoms with Gasteiger partial charge in [0, 0.05) is 11.6 Å². The van der Waals surface area contributed by atoms with Gasteiger partial charge in [-0.1, -0.05) is 0 Å². The summed E-state index contributed by atoms with van der Waals surface area (Å²) >= 11 is 1.30. The summed E-state index contributed by atoms with van der Waals surface area (Å²) in [6, 6.07) is 0. The molecule has 0 aliphatic rings. The molecule has 0 saturated carbocycles. The maximum absolute atomic E-state index is 11.4. The second-order valence-corrected chi connectivity index (χ2v) is 6.33. The molecule has 90 valence electrons. The van der Waals surface area contributed by atoms with E-state index in [9.17, 15) is 13.2 Å². The smallest absolute Gasteiger partial charge is 0.320 e. The molecule has 1 heterocycles. The van der Waals surface area contributed by atoms with Crippen LogP contribution in [0.5, 0.6) is 0 Å². The van der Waals surface area contributed by atoms with Crippen molar-refractivity contribution in [3.63, 3.8) is 0 Å². The molecule has 1 aromatic heterocycles. The minimum Gasteiger partial charge on any atom is -0.480 e. The molecule has 16 heavy (non-hydrogen) atoms. The number of aliphatic carboxylic acids is 1. The first-order valence-corrected chi connectivity index (χ1v) is 6.89. The lowest BCUT2D eigenvalue weighted by Crippen LogP contribution is -2.43. The molecular weight excluding hydrogens is 252 g/mol. The average molecular weight is 264 g/mol. The average Bonchev–Trinajstić information content (AvgIpc) is 2.48. The fourth-order valence-corrected chi connectivity index (χ4v) is 3.22. The zero-order valence-corrected chi connectivity index (χ0v) is 10.4. The molecule has 0 aromatic carbocycles. The molecule has 6 nitrogen and oxygen atoms in total. The highest BCUT2D eigenvalue weighted by Crippen LogP contribution is 2.22. The number of carboxylic acids is 1. The summed E-state index contributed by atoms with van der Waals surface area (Å²) in [6.07, 6.45) is 1.56. The van der Waals surface area contributed by atoms with Gasteiger partial charge in [-0.15, -0.1) is 11.3 Å². The van der Waals surface area contributed by atoms with Gasteiger partial charge in [-0.3, -0.25) is 4.79 Å². The van der Waals surface area contributed by atoms with Crippen molar-refractivity contribution in [1.29, 1.82) is 0 Å². The number of nitrogens with one attached hydrogen (secondary N) is 1. The normalized spacial score (nSPS) is 12.6. The largest absolute Gasteiger partial charge is 0.480 e. The predicted octanol–water partition coefficient (Wildman–Crippen LogP) is 0.382. The van der Waals surface area contributed by atoms with E-state index < -0.39 is 27.3 Å². The predicted molar refractivity (Wildman–Crippen MR) is 59.7 cm³/mol. The fourth-order valence-electron chi connectivity index (χ4n) is 1.16. The number of thiazole rings is 1. The second-order valence-electron chi connectivity index (χ2n) is 3.72. The zero-order valence-electron chi connectivity index (χ0n) is 8.80. The van der Waals surface area contributed by atoms with Crippen LogP contribution in [0, 0.1) is 0 Å². The quantitative estimate of drug-likeness (QED) is 0.801. The SMILES string of the molecule is CC(C)(NS(=O)(=O)CC(=O)O)c1nccs1. The summed E-state index contributed by atoms with van der Waals surface area (Å²) in [4.78, 5) is 14.4. The van der Waals surface area contributed by atoms with Crippen LogP contribution in [0.25, 0.3) is 0 Å². The van der Waals surface area contributed by atoms with Crippen LogP contribution in [-0.4, -0.2) is 30.2 Å².